The van der Waals surface area contributed by atoms with Gasteiger partial charge in [-0.2, -0.15) is 0 Å². The minimum absolute atomic E-state index is 0.00346. The van der Waals surface area contributed by atoms with E-state index in [4.69, 9.17) is 0 Å². The largest absolute Gasteiger partial charge is 0.356 e. The molecular formula is C22H37N5O. The Morgan fingerprint density at radius 2 is 2.00 bits per heavy atom. The molecule has 1 heterocycles. The normalized spacial score (nSPS) is 18.8. The standard InChI is InChI=1S/C22H37N5O/c1-6-27-13-7-8-20(27)15-24-22(25-16-21(28)26(4)5)23-14-18(3)19-11-9-17(2)10-12-19/h9-12,18,20H,6-8,13-16H2,1-5H3,(H2,23,24,25). The molecule has 6 nitrogen and oxygen atoms in total. The van der Waals surface area contributed by atoms with Crippen molar-refractivity contribution in [3.05, 3.63) is 35.4 Å². The van der Waals surface area contributed by atoms with Gasteiger partial charge in [0.1, 0.15) is 6.54 Å². The highest BCUT2D eigenvalue weighted by Gasteiger charge is 2.23. The van der Waals surface area contributed by atoms with Gasteiger partial charge in [-0.3, -0.25) is 9.69 Å². The predicted molar refractivity (Wildman–Crippen MR) is 117 cm³/mol. The first-order chi connectivity index (χ1) is 13.4. The van der Waals surface area contributed by atoms with Crippen molar-refractivity contribution in [3.63, 3.8) is 0 Å². The number of carbonyl (C=O) groups is 1. The van der Waals surface area contributed by atoms with Crippen LogP contribution in [0.2, 0.25) is 0 Å². The quantitative estimate of drug-likeness (QED) is 0.530. The Kier molecular flexibility index (Phi) is 8.77. The zero-order valence-corrected chi connectivity index (χ0v) is 18.2. The highest BCUT2D eigenvalue weighted by Crippen LogP contribution is 2.16. The van der Waals surface area contributed by atoms with Gasteiger partial charge in [0.2, 0.25) is 5.91 Å². The molecule has 1 amide bonds. The van der Waals surface area contributed by atoms with E-state index >= 15 is 0 Å². The van der Waals surface area contributed by atoms with Crippen LogP contribution in [0.5, 0.6) is 0 Å². The lowest BCUT2D eigenvalue weighted by atomic mass is 10.0. The van der Waals surface area contributed by atoms with E-state index < -0.39 is 0 Å². The maximum atomic E-state index is 12.0. The van der Waals surface area contributed by atoms with Crippen molar-refractivity contribution < 1.29 is 4.79 Å². The van der Waals surface area contributed by atoms with E-state index in [2.05, 4.69) is 65.6 Å². The fourth-order valence-corrected chi connectivity index (χ4v) is 3.48. The number of guanidine groups is 1. The number of benzene rings is 1. The topological polar surface area (TPSA) is 60.0 Å². The van der Waals surface area contributed by atoms with Crippen LogP contribution >= 0.6 is 0 Å². The van der Waals surface area contributed by atoms with Gasteiger partial charge >= 0.3 is 0 Å². The Balaban J connectivity index is 1.95. The molecule has 0 saturated carbocycles. The first-order valence-corrected chi connectivity index (χ1v) is 10.4. The Hall–Kier alpha value is -2.08. The summed E-state index contributed by atoms with van der Waals surface area (Å²) in [6.45, 7) is 10.6. The summed E-state index contributed by atoms with van der Waals surface area (Å²) in [5.41, 5.74) is 2.57. The van der Waals surface area contributed by atoms with Gasteiger partial charge in [0.25, 0.3) is 0 Å². The van der Waals surface area contributed by atoms with E-state index in [0.29, 0.717) is 12.0 Å². The average molecular weight is 388 g/mol. The summed E-state index contributed by atoms with van der Waals surface area (Å²) in [5, 5.41) is 6.90. The molecule has 28 heavy (non-hydrogen) atoms. The molecule has 6 heteroatoms. The van der Waals surface area contributed by atoms with Crippen molar-refractivity contribution in [1.29, 1.82) is 0 Å². The number of nitrogens with one attached hydrogen (secondary N) is 2. The first kappa shape index (κ1) is 22.2. The van der Waals surface area contributed by atoms with Crippen LogP contribution in [0.15, 0.2) is 29.3 Å². The van der Waals surface area contributed by atoms with Crippen LogP contribution in [0.1, 0.15) is 43.7 Å². The number of nitrogens with zero attached hydrogens (tertiary/aromatic N) is 3. The zero-order chi connectivity index (χ0) is 20.5. The van der Waals surface area contributed by atoms with Gasteiger partial charge in [-0.05, 0) is 44.3 Å². The molecule has 0 bridgehead atoms. The number of likely N-dealkylation sites (N-methyl/N-ethyl adjacent to an activating group) is 2. The molecule has 1 aliphatic heterocycles. The van der Waals surface area contributed by atoms with E-state index in [-0.39, 0.29) is 12.5 Å². The number of rotatable bonds is 8. The second-order valence-electron chi connectivity index (χ2n) is 7.95. The first-order valence-electron chi connectivity index (χ1n) is 10.4. The highest BCUT2D eigenvalue weighted by molar-refractivity contribution is 5.84. The Labute approximate surface area is 170 Å². The van der Waals surface area contributed by atoms with Gasteiger partial charge in [0.15, 0.2) is 5.96 Å². The molecule has 2 rings (SSSR count). The summed E-state index contributed by atoms with van der Waals surface area (Å²) >= 11 is 0. The number of aryl methyl sites for hydroxylation is 1. The molecule has 2 unspecified atom stereocenters. The summed E-state index contributed by atoms with van der Waals surface area (Å²) in [4.78, 5) is 20.6. The number of amides is 1. The Morgan fingerprint density at radius 1 is 1.29 bits per heavy atom. The fourth-order valence-electron chi connectivity index (χ4n) is 3.48. The lowest BCUT2D eigenvalue weighted by Gasteiger charge is -2.24. The Bertz CT molecular complexity index is 641. The van der Waals surface area contributed by atoms with E-state index in [1.54, 1.807) is 19.0 Å². The number of hydrogen-bond donors (Lipinski definition) is 2. The maximum absolute atomic E-state index is 12.0. The minimum atomic E-state index is 0.00346. The molecule has 1 fully saturated rings. The molecule has 156 valence electrons. The lowest BCUT2D eigenvalue weighted by molar-refractivity contribution is -0.127. The monoisotopic (exact) mass is 387 g/mol. The van der Waals surface area contributed by atoms with Gasteiger partial charge in [0, 0.05) is 33.2 Å². The molecule has 0 spiro atoms. The molecule has 1 aliphatic rings. The van der Waals surface area contributed by atoms with Crippen LogP contribution < -0.4 is 10.6 Å². The van der Waals surface area contributed by atoms with Crippen LogP contribution in [0.4, 0.5) is 0 Å². The van der Waals surface area contributed by atoms with Crippen molar-refractivity contribution in [2.75, 3.05) is 46.8 Å². The van der Waals surface area contributed by atoms with Crippen LogP contribution in [0.3, 0.4) is 0 Å². The van der Waals surface area contributed by atoms with Gasteiger partial charge in [-0.15, -0.1) is 0 Å². The van der Waals surface area contributed by atoms with E-state index in [1.165, 1.54) is 30.5 Å². The van der Waals surface area contributed by atoms with Crippen LogP contribution in [-0.4, -0.2) is 74.5 Å². The lowest BCUT2D eigenvalue weighted by Crippen LogP contribution is -2.46. The van der Waals surface area contributed by atoms with E-state index in [1.807, 2.05) is 0 Å². The minimum Gasteiger partial charge on any atom is -0.356 e. The van der Waals surface area contributed by atoms with Crippen molar-refractivity contribution in [3.8, 4) is 0 Å². The number of hydrogen-bond acceptors (Lipinski definition) is 3. The molecule has 2 N–H and O–H groups in total. The summed E-state index contributed by atoms with van der Waals surface area (Å²) in [7, 11) is 3.52. The number of likely N-dealkylation sites (tertiary alicyclic amines) is 1. The fraction of sp³-hybridized carbons (Fsp3) is 0.636. The van der Waals surface area contributed by atoms with Gasteiger partial charge in [-0.25, -0.2) is 4.99 Å². The van der Waals surface area contributed by atoms with Crippen LogP contribution in [-0.2, 0) is 4.79 Å². The second-order valence-corrected chi connectivity index (χ2v) is 7.95. The SMILES string of the molecule is CCN1CCCC1CNC(=NCC(=O)N(C)C)NCC(C)c1ccc(C)cc1. The molecule has 0 radical (unpaired) electrons. The Morgan fingerprint density at radius 3 is 2.64 bits per heavy atom. The molecule has 1 saturated heterocycles. The smallest absolute Gasteiger partial charge is 0.243 e. The third-order valence-electron chi connectivity index (χ3n) is 5.50. The summed E-state index contributed by atoms with van der Waals surface area (Å²) in [6, 6.07) is 9.19. The molecule has 1 aromatic rings. The summed E-state index contributed by atoms with van der Waals surface area (Å²) in [5.74, 6) is 1.08. The van der Waals surface area contributed by atoms with Gasteiger partial charge in [-0.1, -0.05) is 43.7 Å². The van der Waals surface area contributed by atoms with Crippen molar-refractivity contribution in [2.45, 2.75) is 45.6 Å². The second kappa shape index (κ2) is 11.1. The molecule has 0 aromatic heterocycles. The maximum Gasteiger partial charge on any atom is 0.243 e. The zero-order valence-electron chi connectivity index (χ0n) is 18.2. The highest BCUT2D eigenvalue weighted by atomic mass is 16.2. The van der Waals surface area contributed by atoms with Crippen LogP contribution in [0.25, 0.3) is 0 Å². The molecule has 2 atom stereocenters. The number of carbonyl (C=O) groups excluding carboxylic acids is 1. The molecule has 1 aromatic carbocycles. The van der Waals surface area contributed by atoms with Crippen molar-refractivity contribution in [2.24, 2.45) is 4.99 Å². The summed E-state index contributed by atoms with van der Waals surface area (Å²) in [6.07, 6.45) is 2.47. The van der Waals surface area contributed by atoms with E-state index in [0.717, 1.165) is 25.6 Å². The van der Waals surface area contributed by atoms with Gasteiger partial charge < -0.3 is 15.5 Å². The summed E-state index contributed by atoms with van der Waals surface area (Å²) < 4.78 is 0. The molecule has 0 aliphatic carbocycles. The third-order valence-corrected chi connectivity index (χ3v) is 5.50. The van der Waals surface area contributed by atoms with E-state index in [9.17, 15) is 4.79 Å². The molecular weight excluding hydrogens is 350 g/mol. The third kappa shape index (κ3) is 6.82. The van der Waals surface area contributed by atoms with Crippen molar-refractivity contribution >= 4 is 11.9 Å². The van der Waals surface area contributed by atoms with Crippen molar-refractivity contribution in [1.82, 2.24) is 20.4 Å². The predicted octanol–water partition coefficient (Wildman–Crippen LogP) is 2.21. The number of aliphatic imine (C=N–C) groups is 1. The average Bonchev–Trinajstić information content (AvgIpc) is 3.14. The van der Waals surface area contributed by atoms with Crippen LogP contribution in [0, 0.1) is 6.92 Å². The van der Waals surface area contributed by atoms with Gasteiger partial charge in [0.05, 0.1) is 0 Å².